The molecule has 1 aromatic rings. The van der Waals surface area contributed by atoms with E-state index in [1.54, 1.807) is 18.5 Å². The molecule has 1 rings (SSSR count). The largest absolute Gasteiger partial charge is 0.406 e. The van der Waals surface area contributed by atoms with E-state index in [1.165, 1.54) is 0 Å². The van der Waals surface area contributed by atoms with Crippen LogP contribution in [0.5, 0.6) is 0 Å². The molecule has 0 bridgehead atoms. The molecule has 0 saturated heterocycles. The molecule has 3 N–H and O–H groups in total. The van der Waals surface area contributed by atoms with Crippen LogP contribution in [0.4, 0.5) is 11.6 Å². The van der Waals surface area contributed by atoms with Gasteiger partial charge in [0.15, 0.2) is 0 Å². The van der Waals surface area contributed by atoms with Crippen molar-refractivity contribution in [1.29, 1.82) is 0 Å². The maximum absolute atomic E-state index is 10.9. The number of nitrogens with one attached hydrogen (secondary N) is 1. The van der Waals surface area contributed by atoms with E-state index < -0.39 is 4.92 Å². The van der Waals surface area contributed by atoms with Gasteiger partial charge in [-0.15, -0.1) is 0 Å². The summed E-state index contributed by atoms with van der Waals surface area (Å²) in [7, 11) is 1.74. The van der Waals surface area contributed by atoms with Gasteiger partial charge in [-0.3, -0.25) is 4.57 Å². The lowest BCUT2D eigenvalue weighted by molar-refractivity contribution is -0.388. The van der Waals surface area contributed by atoms with Crippen molar-refractivity contribution < 1.29 is 4.92 Å². The molecular weight excluding hydrogens is 222 g/mol. The second-order valence-electron chi connectivity index (χ2n) is 4.38. The standard InChI is InChI=1S/C10H19N5O2/c1-6(2)8(5-11)13-9-10(15(16)17)12-7(3)14(9)4/h6,8,13H,5,11H2,1-4H3. The summed E-state index contributed by atoms with van der Waals surface area (Å²) in [6.07, 6.45) is 0. The number of nitrogens with zero attached hydrogens (tertiary/aromatic N) is 3. The predicted octanol–water partition coefficient (Wildman–Crippen LogP) is 1.03. The van der Waals surface area contributed by atoms with Crippen molar-refractivity contribution >= 4 is 11.6 Å². The number of anilines is 1. The van der Waals surface area contributed by atoms with E-state index in [0.29, 0.717) is 18.2 Å². The zero-order chi connectivity index (χ0) is 13.2. The Morgan fingerprint density at radius 2 is 2.18 bits per heavy atom. The molecule has 0 saturated carbocycles. The number of aryl methyl sites for hydroxylation is 1. The summed E-state index contributed by atoms with van der Waals surface area (Å²) in [5, 5.41) is 14.0. The zero-order valence-electron chi connectivity index (χ0n) is 10.6. The van der Waals surface area contributed by atoms with Crippen molar-refractivity contribution in [2.24, 2.45) is 18.7 Å². The molecule has 96 valence electrons. The molecule has 1 heterocycles. The van der Waals surface area contributed by atoms with Crippen molar-refractivity contribution in [2.45, 2.75) is 26.8 Å². The van der Waals surface area contributed by atoms with E-state index in [0.717, 1.165) is 0 Å². The molecule has 1 aromatic heterocycles. The van der Waals surface area contributed by atoms with Crippen molar-refractivity contribution in [3.8, 4) is 0 Å². The third-order valence-electron chi connectivity index (χ3n) is 2.85. The summed E-state index contributed by atoms with van der Waals surface area (Å²) < 4.78 is 1.67. The highest BCUT2D eigenvalue weighted by atomic mass is 16.6. The van der Waals surface area contributed by atoms with E-state index in [1.807, 2.05) is 13.8 Å². The zero-order valence-corrected chi connectivity index (χ0v) is 10.6. The number of nitro groups is 1. The molecule has 0 aliphatic carbocycles. The normalized spacial score (nSPS) is 12.8. The molecule has 0 spiro atoms. The fraction of sp³-hybridized carbons (Fsp3) is 0.700. The Labute approximate surface area is 100 Å². The van der Waals surface area contributed by atoms with Crippen LogP contribution in [0, 0.1) is 23.0 Å². The van der Waals surface area contributed by atoms with Crippen molar-refractivity contribution in [1.82, 2.24) is 9.55 Å². The molecular formula is C10H19N5O2. The van der Waals surface area contributed by atoms with Gasteiger partial charge in [0, 0.05) is 26.6 Å². The van der Waals surface area contributed by atoms with Crippen LogP contribution >= 0.6 is 0 Å². The van der Waals surface area contributed by atoms with Gasteiger partial charge in [-0.2, -0.15) is 0 Å². The lowest BCUT2D eigenvalue weighted by atomic mass is 10.1. The average Bonchev–Trinajstić information content (AvgIpc) is 2.52. The third-order valence-corrected chi connectivity index (χ3v) is 2.85. The van der Waals surface area contributed by atoms with Gasteiger partial charge in [-0.05, 0) is 15.8 Å². The quantitative estimate of drug-likeness (QED) is 0.592. The summed E-state index contributed by atoms with van der Waals surface area (Å²) >= 11 is 0. The van der Waals surface area contributed by atoms with Gasteiger partial charge >= 0.3 is 5.82 Å². The molecule has 0 aliphatic rings. The maximum atomic E-state index is 10.9. The number of hydrogen-bond donors (Lipinski definition) is 2. The molecule has 7 heteroatoms. The van der Waals surface area contributed by atoms with Crippen LogP contribution in [0.2, 0.25) is 0 Å². The smallest absolute Gasteiger partial charge is 0.360 e. The summed E-state index contributed by atoms with van der Waals surface area (Å²) in [5.74, 6) is 1.15. The second-order valence-corrected chi connectivity index (χ2v) is 4.38. The fourth-order valence-corrected chi connectivity index (χ4v) is 1.56. The van der Waals surface area contributed by atoms with Gasteiger partial charge in [-0.1, -0.05) is 13.8 Å². The highest BCUT2D eigenvalue weighted by Gasteiger charge is 2.26. The van der Waals surface area contributed by atoms with E-state index in [-0.39, 0.29) is 17.8 Å². The second kappa shape index (κ2) is 5.13. The Morgan fingerprint density at radius 3 is 2.59 bits per heavy atom. The van der Waals surface area contributed by atoms with E-state index >= 15 is 0 Å². The molecule has 1 atom stereocenters. The summed E-state index contributed by atoms with van der Waals surface area (Å²) in [5.41, 5.74) is 5.64. The molecule has 1 unspecified atom stereocenters. The number of nitrogens with two attached hydrogens (primary N) is 1. The van der Waals surface area contributed by atoms with E-state index in [4.69, 9.17) is 5.73 Å². The van der Waals surface area contributed by atoms with Crippen LogP contribution < -0.4 is 11.1 Å². The SMILES string of the molecule is Cc1nc([N+](=O)[O-])c(NC(CN)C(C)C)n1C. The summed E-state index contributed by atoms with van der Waals surface area (Å²) in [4.78, 5) is 14.3. The first-order valence-electron chi connectivity index (χ1n) is 5.52. The number of hydrogen-bond acceptors (Lipinski definition) is 5. The van der Waals surface area contributed by atoms with Crippen LogP contribution in [-0.2, 0) is 7.05 Å². The first-order chi connectivity index (χ1) is 7.88. The molecule has 7 nitrogen and oxygen atoms in total. The highest BCUT2D eigenvalue weighted by Crippen LogP contribution is 2.25. The topological polar surface area (TPSA) is 99.0 Å². The molecule has 0 radical (unpaired) electrons. The Morgan fingerprint density at radius 1 is 1.59 bits per heavy atom. The van der Waals surface area contributed by atoms with Gasteiger partial charge in [-0.25, -0.2) is 0 Å². The average molecular weight is 241 g/mol. The van der Waals surface area contributed by atoms with E-state index in [2.05, 4.69) is 10.3 Å². The highest BCUT2D eigenvalue weighted by molar-refractivity contribution is 5.54. The first kappa shape index (κ1) is 13.4. The summed E-state index contributed by atoms with van der Waals surface area (Å²) in [6, 6.07) is -0.0106. The van der Waals surface area contributed by atoms with Crippen LogP contribution in [0.3, 0.4) is 0 Å². The third kappa shape index (κ3) is 2.73. The minimum Gasteiger partial charge on any atom is -0.360 e. The van der Waals surface area contributed by atoms with Crippen LogP contribution in [-0.4, -0.2) is 27.1 Å². The maximum Gasteiger partial charge on any atom is 0.406 e. The van der Waals surface area contributed by atoms with Gasteiger partial charge in [0.1, 0.15) is 0 Å². The summed E-state index contributed by atoms with van der Waals surface area (Å²) in [6.45, 7) is 6.17. The Kier molecular flexibility index (Phi) is 4.06. The molecule has 0 aliphatic heterocycles. The first-order valence-corrected chi connectivity index (χ1v) is 5.52. The van der Waals surface area contributed by atoms with Crippen molar-refractivity contribution in [3.05, 3.63) is 15.9 Å². The minimum atomic E-state index is -0.483. The van der Waals surface area contributed by atoms with Gasteiger partial charge in [0.05, 0.1) is 0 Å². The Balaban J connectivity index is 3.08. The predicted molar refractivity (Wildman–Crippen MR) is 65.9 cm³/mol. The lowest BCUT2D eigenvalue weighted by Gasteiger charge is -2.21. The monoisotopic (exact) mass is 241 g/mol. The van der Waals surface area contributed by atoms with Crippen molar-refractivity contribution in [2.75, 3.05) is 11.9 Å². The molecule has 0 amide bonds. The lowest BCUT2D eigenvalue weighted by Crippen LogP contribution is -2.34. The van der Waals surface area contributed by atoms with Gasteiger partial charge < -0.3 is 21.2 Å². The number of imidazole rings is 1. The van der Waals surface area contributed by atoms with Crippen LogP contribution in [0.1, 0.15) is 19.7 Å². The molecule has 17 heavy (non-hydrogen) atoms. The Hall–Kier alpha value is -1.63. The van der Waals surface area contributed by atoms with Crippen LogP contribution in [0.25, 0.3) is 0 Å². The minimum absolute atomic E-state index is 0.0106. The van der Waals surface area contributed by atoms with Crippen molar-refractivity contribution in [3.63, 3.8) is 0 Å². The molecule has 0 aromatic carbocycles. The van der Waals surface area contributed by atoms with Gasteiger partial charge in [0.25, 0.3) is 0 Å². The number of aromatic nitrogens is 2. The van der Waals surface area contributed by atoms with Gasteiger partial charge in [0.2, 0.25) is 11.6 Å². The number of rotatable bonds is 5. The fourth-order valence-electron chi connectivity index (χ4n) is 1.56. The Bertz CT molecular complexity index is 413. The van der Waals surface area contributed by atoms with E-state index in [9.17, 15) is 10.1 Å². The van der Waals surface area contributed by atoms with Crippen LogP contribution in [0.15, 0.2) is 0 Å². The molecule has 0 fully saturated rings.